The molecule has 0 radical (unpaired) electrons. The van der Waals surface area contributed by atoms with Gasteiger partial charge in [-0.1, -0.05) is 63.9 Å². The molecule has 0 amide bonds. The summed E-state index contributed by atoms with van der Waals surface area (Å²) < 4.78 is 1.23. The van der Waals surface area contributed by atoms with Gasteiger partial charge in [-0.25, -0.2) is 0 Å². The number of rotatable bonds is 4. The van der Waals surface area contributed by atoms with Crippen LogP contribution in [0.1, 0.15) is 42.9 Å². The molecule has 1 aliphatic rings. The first-order chi connectivity index (χ1) is 10.1. The van der Waals surface area contributed by atoms with Gasteiger partial charge in [-0.15, -0.1) is 0 Å². The zero-order valence-corrected chi connectivity index (χ0v) is 14.4. The van der Waals surface area contributed by atoms with Gasteiger partial charge >= 0.3 is 0 Å². The number of benzene rings is 2. The van der Waals surface area contributed by atoms with Crippen molar-refractivity contribution in [1.29, 1.82) is 0 Å². The van der Waals surface area contributed by atoms with Crippen LogP contribution < -0.4 is 5.32 Å². The third-order valence-corrected chi connectivity index (χ3v) is 5.41. The maximum absolute atomic E-state index is 6.26. The van der Waals surface area contributed by atoms with Crippen molar-refractivity contribution >= 4 is 27.5 Å². The van der Waals surface area contributed by atoms with E-state index in [9.17, 15) is 0 Å². The van der Waals surface area contributed by atoms with E-state index in [4.69, 9.17) is 11.6 Å². The normalized spacial score (nSPS) is 22.6. The summed E-state index contributed by atoms with van der Waals surface area (Å²) in [6.45, 7) is 2.19. The Bertz CT molecular complexity index is 622. The Kier molecular flexibility index (Phi) is 4.68. The summed E-state index contributed by atoms with van der Waals surface area (Å²) in [6, 6.07) is 17.5. The quantitative estimate of drug-likeness (QED) is 0.734. The van der Waals surface area contributed by atoms with E-state index in [-0.39, 0.29) is 0 Å². The number of nitrogens with one attached hydrogen (secondary N) is 1. The van der Waals surface area contributed by atoms with Gasteiger partial charge in [-0.2, -0.15) is 0 Å². The SMILES string of the molecule is C[C@H](NC1CC(c2ccccc2Br)C1)c1ccccc1Cl. The molecule has 0 spiro atoms. The highest BCUT2D eigenvalue weighted by atomic mass is 79.9. The van der Waals surface area contributed by atoms with E-state index >= 15 is 0 Å². The average Bonchev–Trinajstić information content (AvgIpc) is 2.44. The van der Waals surface area contributed by atoms with Crippen molar-refractivity contribution in [2.45, 2.75) is 37.8 Å². The van der Waals surface area contributed by atoms with Crippen molar-refractivity contribution in [2.24, 2.45) is 0 Å². The fourth-order valence-corrected chi connectivity index (χ4v) is 3.99. The van der Waals surface area contributed by atoms with Crippen molar-refractivity contribution in [3.8, 4) is 0 Å². The maximum Gasteiger partial charge on any atom is 0.0453 e. The minimum absolute atomic E-state index is 0.295. The Morgan fingerprint density at radius 3 is 2.48 bits per heavy atom. The highest BCUT2D eigenvalue weighted by molar-refractivity contribution is 9.10. The Balaban J connectivity index is 1.58. The molecule has 0 aliphatic heterocycles. The molecule has 110 valence electrons. The molecule has 2 aromatic carbocycles. The van der Waals surface area contributed by atoms with E-state index in [1.165, 1.54) is 28.4 Å². The Morgan fingerprint density at radius 2 is 1.76 bits per heavy atom. The number of hydrogen-bond acceptors (Lipinski definition) is 1. The van der Waals surface area contributed by atoms with Crippen molar-refractivity contribution in [2.75, 3.05) is 0 Å². The van der Waals surface area contributed by atoms with Gasteiger partial charge in [0, 0.05) is 21.6 Å². The standard InChI is InChI=1S/C18H19BrClN/c1-12(15-6-3-5-9-18(15)20)21-14-10-13(11-14)16-7-2-4-8-17(16)19/h2-9,12-14,21H,10-11H2,1H3/t12-,13?,14?/m0/s1. The molecule has 1 atom stereocenters. The summed E-state index contributed by atoms with van der Waals surface area (Å²) in [7, 11) is 0. The van der Waals surface area contributed by atoms with E-state index in [2.05, 4.69) is 58.5 Å². The van der Waals surface area contributed by atoms with E-state index < -0.39 is 0 Å². The topological polar surface area (TPSA) is 12.0 Å². The van der Waals surface area contributed by atoms with E-state index in [1.54, 1.807) is 0 Å². The van der Waals surface area contributed by atoms with E-state index in [1.807, 2.05) is 18.2 Å². The Morgan fingerprint density at radius 1 is 1.10 bits per heavy atom. The van der Waals surface area contributed by atoms with E-state index in [0.717, 1.165) is 5.02 Å². The maximum atomic E-state index is 6.26. The van der Waals surface area contributed by atoms with Gasteiger partial charge in [0.1, 0.15) is 0 Å². The van der Waals surface area contributed by atoms with Gasteiger partial charge < -0.3 is 5.32 Å². The third kappa shape index (κ3) is 3.33. The predicted molar refractivity (Wildman–Crippen MR) is 92.9 cm³/mol. The zero-order chi connectivity index (χ0) is 14.8. The van der Waals surface area contributed by atoms with Crippen LogP contribution in [0, 0.1) is 0 Å². The third-order valence-electron chi connectivity index (χ3n) is 4.34. The second-order valence-electron chi connectivity index (χ2n) is 5.80. The minimum Gasteiger partial charge on any atom is -0.307 e. The van der Waals surface area contributed by atoms with Gasteiger partial charge in [0.25, 0.3) is 0 Å². The first kappa shape index (κ1) is 15.1. The molecule has 3 rings (SSSR count). The lowest BCUT2D eigenvalue weighted by Gasteiger charge is -2.38. The number of hydrogen-bond donors (Lipinski definition) is 1. The molecular formula is C18H19BrClN. The first-order valence-corrected chi connectivity index (χ1v) is 8.57. The summed E-state index contributed by atoms with van der Waals surface area (Å²) >= 11 is 9.91. The molecule has 2 aromatic rings. The van der Waals surface area contributed by atoms with Crippen LogP contribution >= 0.6 is 27.5 Å². The summed E-state index contributed by atoms with van der Waals surface area (Å²) in [5.41, 5.74) is 2.62. The van der Waals surface area contributed by atoms with Crippen molar-refractivity contribution in [3.63, 3.8) is 0 Å². The monoisotopic (exact) mass is 363 g/mol. The van der Waals surface area contributed by atoms with Crippen LogP contribution in [0.15, 0.2) is 53.0 Å². The second kappa shape index (κ2) is 6.51. The molecule has 3 heteroatoms. The molecule has 1 fully saturated rings. The molecule has 0 heterocycles. The van der Waals surface area contributed by atoms with Crippen LogP contribution in [0.3, 0.4) is 0 Å². The Hall–Kier alpha value is -0.830. The molecule has 21 heavy (non-hydrogen) atoms. The highest BCUT2D eigenvalue weighted by Crippen LogP contribution is 2.41. The van der Waals surface area contributed by atoms with E-state index in [0.29, 0.717) is 18.0 Å². The van der Waals surface area contributed by atoms with Gasteiger partial charge in [0.05, 0.1) is 0 Å². The predicted octanol–water partition coefficient (Wildman–Crippen LogP) is 5.70. The molecule has 0 unspecified atom stereocenters. The largest absolute Gasteiger partial charge is 0.307 e. The van der Waals surface area contributed by atoms with Crippen molar-refractivity contribution in [3.05, 3.63) is 69.2 Å². The molecular weight excluding hydrogens is 346 g/mol. The van der Waals surface area contributed by atoms with Gasteiger partial charge in [0.2, 0.25) is 0 Å². The molecule has 1 nitrogen and oxygen atoms in total. The molecule has 1 aliphatic carbocycles. The average molecular weight is 365 g/mol. The molecule has 0 bridgehead atoms. The van der Waals surface area contributed by atoms with Crippen LogP contribution in [0.5, 0.6) is 0 Å². The Labute approximate surface area is 139 Å². The van der Waals surface area contributed by atoms with Crippen LogP contribution in [0.4, 0.5) is 0 Å². The minimum atomic E-state index is 0.295. The van der Waals surface area contributed by atoms with Gasteiger partial charge in [-0.05, 0) is 48.9 Å². The van der Waals surface area contributed by atoms with Crippen LogP contribution in [-0.2, 0) is 0 Å². The summed E-state index contributed by atoms with van der Waals surface area (Å²) in [5.74, 6) is 0.663. The van der Waals surface area contributed by atoms with Gasteiger partial charge in [0.15, 0.2) is 0 Å². The zero-order valence-electron chi connectivity index (χ0n) is 12.0. The molecule has 0 saturated heterocycles. The summed E-state index contributed by atoms with van der Waals surface area (Å²) in [6.07, 6.45) is 2.38. The molecule has 0 aromatic heterocycles. The lowest BCUT2D eigenvalue weighted by atomic mass is 9.75. The van der Waals surface area contributed by atoms with Crippen molar-refractivity contribution < 1.29 is 0 Å². The summed E-state index contributed by atoms with van der Waals surface area (Å²) in [5, 5.41) is 4.54. The lowest BCUT2D eigenvalue weighted by molar-refractivity contribution is 0.270. The number of halogens is 2. The highest BCUT2D eigenvalue weighted by Gasteiger charge is 2.32. The molecule has 1 saturated carbocycles. The van der Waals surface area contributed by atoms with Crippen LogP contribution in [0.2, 0.25) is 5.02 Å². The van der Waals surface area contributed by atoms with Crippen LogP contribution in [-0.4, -0.2) is 6.04 Å². The fourth-order valence-electron chi connectivity index (χ4n) is 3.08. The summed E-state index contributed by atoms with van der Waals surface area (Å²) in [4.78, 5) is 0. The smallest absolute Gasteiger partial charge is 0.0453 e. The van der Waals surface area contributed by atoms with Gasteiger partial charge in [-0.3, -0.25) is 0 Å². The molecule has 1 N–H and O–H groups in total. The second-order valence-corrected chi connectivity index (χ2v) is 7.06. The first-order valence-electron chi connectivity index (χ1n) is 7.40. The fraction of sp³-hybridized carbons (Fsp3) is 0.333. The lowest BCUT2D eigenvalue weighted by Crippen LogP contribution is -2.41. The van der Waals surface area contributed by atoms with Crippen molar-refractivity contribution in [1.82, 2.24) is 5.32 Å². The van der Waals surface area contributed by atoms with Crippen LogP contribution in [0.25, 0.3) is 0 Å².